The molecule has 5 nitrogen and oxygen atoms in total. The molecule has 0 bridgehead atoms. The lowest BCUT2D eigenvalue weighted by atomic mass is 9.75. The molecule has 0 aromatic carbocycles. The molecule has 2 rings (SSSR count). The first kappa shape index (κ1) is 30.2. The maximum Gasteiger partial charge on any atom is 0.320 e. The number of hydrogen-bond acceptors (Lipinski definition) is 6. The van der Waals surface area contributed by atoms with Gasteiger partial charge in [-0.2, -0.15) is 0 Å². The fourth-order valence-corrected chi connectivity index (χ4v) is 6.56. The van der Waals surface area contributed by atoms with Crippen LogP contribution in [-0.4, -0.2) is 34.5 Å². The van der Waals surface area contributed by atoms with Crippen molar-refractivity contribution in [2.75, 3.05) is 0 Å². The topological polar surface area (TPSA) is 69.7 Å². The molecule has 0 N–H and O–H groups in total. The first-order valence-electron chi connectivity index (χ1n) is 13.8. The quantitative estimate of drug-likeness (QED) is 0.326. The van der Waals surface area contributed by atoms with Crippen molar-refractivity contribution in [3.63, 3.8) is 0 Å². The van der Waals surface area contributed by atoms with E-state index in [0.29, 0.717) is 35.5 Å². The fourth-order valence-electron chi connectivity index (χ4n) is 5.57. The molecule has 2 aliphatic rings. The maximum absolute atomic E-state index is 13.4. The zero-order valence-corrected chi connectivity index (χ0v) is 24.4. The lowest BCUT2D eigenvalue weighted by Gasteiger charge is -2.37. The molecule has 2 fully saturated rings. The van der Waals surface area contributed by atoms with E-state index in [1.54, 1.807) is 0 Å². The zero-order chi connectivity index (χ0) is 26.5. The summed E-state index contributed by atoms with van der Waals surface area (Å²) in [6, 6.07) is 0. The van der Waals surface area contributed by atoms with Gasteiger partial charge in [0.15, 0.2) is 5.12 Å². The summed E-state index contributed by atoms with van der Waals surface area (Å²) < 4.78 is 12.0. The van der Waals surface area contributed by atoms with E-state index in [2.05, 4.69) is 41.5 Å². The summed E-state index contributed by atoms with van der Waals surface area (Å²) in [4.78, 5) is 39.3. The van der Waals surface area contributed by atoms with Crippen molar-refractivity contribution in [2.45, 2.75) is 125 Å². The van der Waals surface area contributed by atoms with E-state index in [1.807, 2.05) is 20.8 Å². The van der Waals surface area contributed by atoms with Crippen molar-refractivity contribution in [3.05, 3.63) is 0 Å². The average molecular weight is 511 g/mol. The molecule has 0 aliphatic heterocycles. The summed E-state index contributed by atoms with van der Waals surface area (Å²) in [5.74, 6) is 1.64. The molecule has 0 spiro atoms. The van der Waals surface area contributed by atoms with Crippen LogP contribution in [-0.2, 0) is 23.9 Å². The van der Waals surface area contributed by atoms with Crippen molar-refractivity contribution < 1.29 is 23.9 Å². The first-order chi connectivity index (χ1) is 16.2. The molecule has 6 heteroatoms. The number of hydrogen-bond donors (Lipinski definition) is 0. The van der Waals surface area contributed by atoms with E-state index in [4.69, 9.17) is 9.47 Å². The monoisotopic (exact) mass is 510 g/mol. The Balaban J connectivity index is 2.14. The van der Waals surface area contributed by atoms with Gasteiger partial charge in [0.05, 0.1) is 6.42 Å². The minimum absolute atomic E-state index is 0.115. The number of thioether (sulfide) groups is 1. The molecule has 0 aromatic heterocycles. The zero-order valence-electron chi connectivity index (χ0n) is 23.6. The van der Waals surface area contributed by atoms with E-state index in [-0.39, 0.29) is 23.7 Å². The van der Waals surface area contributed by atoms with Gasteiger partial charge in [0.2, 0.25) is 0 Å². The Labute approximate surface area is 218 Å². The van der Waals surface area contributed by atoms with Gasteiger partial charge in [-0.3, -0.25) is 14.4 Å². The first-order valence-corrected chi connectivity index (χ1v) is 14.7. The highest BCUT2D eigenvalue weighted by Gasteiger charge is 2.39. The number of ether oxygens (including phenoxy) is 2. The third-order valence-electron chi connectivity index (χ3n) is 7.95. The van der Waals surface area contributed by atoms with E-state index >= 15 is 0 Å². The molecule has 1 unspecified atom stereocenters. The fraction of sp³-hybridized carbons (Fsp3) is 0.897. The van der Waals surface area contributed by atoms with Crippen molar-refractivity contribution in [1.29, 1.82) is 0 Å². The van der Waals surface area contributed by atoms with E-state index in [9.17, 15) is 14.4 Å². The summed E-state index contributed by atoms with van der Waals surface area (Å²) in [6.45, 7) is 18.6. The Morgan fingerprint density at radius 1 is 0.800 bits per heavy atom. The van der Waals surface area contributed by atoms with Crippen molar-refractivity contribution in [2.24, 2.45) is 40.9 Å². The second kappa shape index (κ2) is 13.0. The molecular formula is C29H50O5S. The molecule has 0 saturated heterocycles. The summed E-state index contributed by atoms with van der Waals surface area (Å²) in [7, 11) is 0. The predicted molar refractivity (Wildman–Crippen MR) is 143 cm³/mol. The number of esters is 2. The number of rotatable bonds is 8. The minimum Gasteiger partial charge on any atom is -0.462 e. The van der Waals surface area contributed by atoms with Crippen LogP contribution in [0.3, 0.4) is 0 Å². The van der Waals surface area contributed by atoms with Crippen LogP contribution in [0, 0.1) is 40.9 Å². The molecule has 35 heavy (non-hydrogen) atoms. The van der Waals surface area contributed by atoms with Crippen molar-refractivity contribution in [3.8, 4) is 0 Å². The number of carbonyl (C=O) groups is 3. The normalized spacial score (nSPS) is 30.7. The highest BCUT2D eigenvalue weighted by molar-refractivity contribution is 8.14. The van der Waals surface area contributed by atoms with Crippen LogP contribution in [0.4, 0.5) is 0 Å². The molecular weight excluding hydrogens is 460 g/mol. The van der Waals surface area contributed by atoms with Crippen LogP contribution in [0.15, 0.2) is 0 Å². The largest absolute Gasteiger partial charge is 0.462 e. The van der Waals surface area contributed by atoms with Crippen LogP contribution in [0.1, 0.15) is 107 Å². The van der Waals surface area contributed by atoms with Crippen molar-refractivity contribution >= 4 is 28.8 Å². The standard InChI is InChI=1S/C29H50O5S/c1-17(2)21-12-10-19(5)14-23(21)33-26(30)16-25(35-28(32)29(7,8)9)27(31)34-24-15-20(6)11-13-22(24)18(3)4/h17-25H,10-16H2,1-9H3/t19-,20-,21+,22+,23-,24-,25?/m1/s1. The van der Waals surface area contributed by atoms with Gasteiger partial charge >= 0.3 is 11.9 Å². The van der Waals surface area contributed by atoms with E-state index < -0.39 is 22.6 Å². The van der Waals surface area contributed by atoms with Gasteiger partial charge in [0.25, 0.3) is 0 Å². The summed E-state index contributed by atoms with van der Waals surface area (Å²) in [6.07, 6.45) is 5.64. The van der Waals surface area contributed by atoms with Gasteiger partial charge in [-0.1, -0.05) is 86.9 Å². The lowest BCUT2D eigenvalue weighted by Crippen LogP contribution is -2.40. The molecule has 2 saturated carbocycles. The van der Waals surface area contributed by atoms with Crippen LogP contribution in [0.25, 0.3) is 0 Å². The van der Waals surface area contributed by atoms with Crippen LogP contribution >= 0.6 is 11.8 Å². The highest BCUT2D eigenvalue weighted by Crippen LogP contribution is 2.38. The van der Waals surface area contributed by atoms with Crippen LogP contribution < -0.4 is 0 Å². The Hall–Kier alpha value is -1.04. The molecule has 7 atom stereocenters. The van der Waals surface area contributed by atoms with E-state index in [0.717, 1.165) is 50.3 Å². The Morgan fingerprint density at radius 2 is 1.26 bits per heavy atom. The van der Waals surface area contributed by atoms with Crippen LogP contribution in [0.5, 0.6) is 0 Å². The average Bonchev–Trinajstić information content (AvgIpc) is 2.72. The third-order valence-corrected chi connectivity index (χ3v) is 9.42. The molecule has 0 heterocycles. The SMILES string of the molecule is CC(C)[C@@H]1CC[C@@H](C)C[C@H]1OC(=O)CC(SC(=O)C(C)(C)C)C(=O)O[C@@H]1C[C@H](C)CC[C@H]1C(C)C. The Kier molecular flexibility index (Phi) is 11.2. The molecule has 0 radical (unpaired) electrons. The van der Waals surface area contributed by atoms with Gasteiger partial charge in [-0.15, -0.1) is 0 Å². The molecule has 0 aromatic rings. The minimum atomic E-state index is -0.877. The van der Waals surface area contributed by atoms with Crippen LogP contribution in [0.2, 0.25) is 0 Å². The molecule has 0 amide bonds. The summed E-state index contributed by atoms with van der Waals surface area (Å²) in [5, 5.41) is -0.992. The van der Waals surface area contributed by atoms with Gasteiger partial charge < -0.3 is 9.47 Å². The van der Waals surface area contributed by atoms with Gasteiger partial charge in [0.1, 0.15) is 17.5 Å². The number of carbonyl (C=O) groups excluding carboxylic acids is 3. The second-order valence-electron chi connectivity index (χ2n) is 13.0. The van der Waals surface area contributed by atoms with Crippen molar-refractivity contribution in [1.82, 2.24) is 0 Å². The molecule has 2 aliphatic carbocycles. The summed E-state index contributed by atoms with van der Waals surface area (Å²) in [5.41, 5.74) is -0.617. The third kappa shape index (κ3) is 9.09. The molecule has 202 valence electrons. The maximum atomic E-state index is 13.4. The highest BCUT2D eigenvalue weighted by atomic mass is 32.2. The van der Waals surface area contributed by atoms with Gasteiger partial charge in [-0.05, 0) is 61.2 Å². The smallest absolute Gasteiger partial charge is 0.320 e. The lowest BCUT2D eigenvalue weighted by molar-refractivity contribution is -0.162. The Morgan fingerprint density at radius 3 is 1.69 bits per heavy atom. The van der Waals surface area contributed by atoms with Gasteiger partial charge in [-0.25, -0.2) is 0 Å². The second-order valence-corrected chi connectivity index (χ2v) is 14.2. The predicted octanol–water partition coefficient (Wildman–Crippen LogP) is 7.06. The summed E-state index contributed by atoms with van der Waals surface area (Å²) >= 11 is 0.942. The van der Waals surface area contributed by atoms with Gasteiger partial charge in [0, 0.05) is 5.41 Å². The van der Waals surface area contributed by atoms with E-state index in [1.165, 1.54) is 0 Å². The Bertz CT molecular complexity index is 725.